The van der Waals surface area contributed by atoms with E-state index in [1.165, 1.54) is 25.3 Å². The Kier molecular flexibility index (Phi) is 6.05. The number of aromatic nitrogens is 6. The minimum Gasteiger partial charge on any atom is -0.479 e. The van der Waals surface area contributed by atoms with Crippen LogP contribution in [0.5, 0.6) is 5.88 Å². The molecule has 208 valence electrons. The maximum absolute atomic E-state index is 15.3. The van der Waals surface area contributed by atoms with E-state index in [2.05, 4.69) is 25.7 Å². The lowest BCUT2D eigenvalue weighted by molar-refractivity contribution is -0.142. The number of methoxy groups -OCH3 is 1. The Balaban J connectivity index is 1.33. The average Bonchev–Trinajstić information content (AvgIpc) is 3.37. The lowest BCUT2D eigenvalue weighted by Gasteiger charge is -2.44. The van der Waals surface area contributed by atoms with E-state index in [4.69, 9.17) is 9.47 Å². The normalized spacial score (nSPS) is 20.4. The Bertz CT molecular complexity index is 1530. The number of nitrogens with one attached hydrogen (secondary N) is 1. The third kappa shape index (κ3) is 4.71. The van der Waals surface area contributed by atoms with Gasteiger partial charge in [0, 0.05) is 6.54 Å². The fourth-order valence-electron chi connectivity index (χ4n) is 4.95. The van der Waals surface area contributed by atoms with E-state index in [9.17, 15) is 22.0 Å². The molecule has 1 unspecified atom stereocenters. The summed E-state index contributed by atoms with van der Waals surface area (Å²) in [5, 5.41) is 14.1. The number of hydrogen-bond acceptors (Lipinski definition) is 8. The van der Waals surface area contributed by atoms with Gasteiger partial charge < -0.3 is 14.8 Å². The molecule has 0 radical (unpaired) electrons. The smallest absolute Gasteiger partial charge is 0.408 e. The van der Waals surface area contributed by atoms with Gasteiger partial charge in [0.15, 0.2) is 5.82 Å². The molecule has 0 spiro atoms. The van der Waals surface area contributed by atoms with Crippen molar-refractivity contribution in [2.75, 3.05) is 38.7 Å². The molecular formula is C23H22F6N8O2. The highest BCUT2D eigenvalue weighted by Crippen LogP contribution is 2.37. The minimum absolute atomic E-state index is 0.0205. The molecule has 5 heterocycles. The zero-order chi connectivity index (χ0) is 27.5. The highest BCUT2D eigenvalue weighted by molar-refractivity contribution is 5.89. The zero-order valence-electron chi connectivity index (χ0n) is 20.4. The summed E-state index contributed by atoms with van der Waals surface area (Å²) in [5.41, 5.74) is 0.472. The van der Waals surface area contributed by atoms with Gasteiger partial charge in [-0.2, -0.15) is 18.2 Å². The van der Waals surface area contributed by atoms with Crippen molar-refractivity contribution in [3.05, 3.63) is 30.2 Å². The maximum atomic E-state index is 15.3. The number of anilines is 1. The second kappa shape index (κ2) is 9.22. The molecule has 1 N–H and O–H groups in total. The summed E-state index contributed by atoms with van der Waals surface area (Å²) in [6.45, 7) is -0.513. The van der Waals surface area contributed by atoms with Crippen molar-refractivity contribution in [1.82, 2.24) is 34.5 Å². The van der Waals surface area contributed by atoms with Gasteiger partial charge in [-0.25, -0.2) is 22.4 Å². The molecule has 0 amide bonds. The first kappa shape index (κ1) is 25.6. The fraction of sp³-hybridized carbons (Fsp3) is 0.478. The first-order chi connectivity index (χ1) is 18.5. The number of halogens is 6. The summed E-state index contributed by atoms with van der Waals surface area (Å²) in [6.07, 6.45) is -3.39. The van der Waals surface area contributed by atoms with Crippen molar-refractivity contribution in [3.63, 3.8) is 0 Å². The van der Waals surface area contributed by atoms with E-state index in [0.717, 1.165) is 10.7 Å². The zero-order valence-corrected chi connectivity index (χ0v) is 20.4. The van der Waals surface area contributed by atoms with E-state index >= 15 is 4.39 Å². The Labute approximate surface area is 216 Å². The summed E-state index contributed by atoms with van der Waals surface area (Å²) < 4.78 is 96.4. The Morgan fingerprint density at radius 3 is 2.69 bits per heavy atom. The van der Waals surface area contributed by atoms with E-state index in [0.29, 0.717) is 24.4 Å². The van der Waals surface area contributed by atoms with E-state index < -0.39 is 37.0 Å². The predicted molar refractivity (Wildman–Crippen MR) is 125 cm³/mol. The summed E-state index contributed by atoms with van der Waals surface area (Å²) >= 11 is 0. The molecule has 0 aliphatic carbocycles. The SMILES string of the molecule is COc1nc(NC2CCN(C3COC3)CC2(F)F)nn2cc(F)c(-c3ccc4nnn(CC(F)(F)F)c4c3)c12. The second-order valence-corrected chi connectivity index (χ2v) is 9.56. The molecule has 1 atom stereocenters. The first-order valence-corrected chi connectivity index (χ1v) is 12.0. The number of benzene rings is 1. The molecule has 1 aromatic carbocycles. The number of nitrogens with zero attached hydrogens (tertiary/aromatic N) is 7. The minimum atomic E-state index is -4.54. The number of ether oxygens (including phenoxy) is 2. The lowest BCUT2D eigenvalue weighted by Crippen LogP contribution is -2.61. The van der Waals surface area contributed by atoms with Gasteiger partial charge in [-0.1, -0.05) is 11.3 Å². The van der Waals surface area contributed by atoms with Crippen molar-refractivity contribution in [1.29, 1.82) is 0 Å². The van der Waals surface area contributed by atoms with Gasteiger partial charge >= 0.3 is 6.18 Å². The molecule has 2 aliphatic rings. The number of rotatable bonds is 6. The predicted octanol–water partition coefficient (Wildman–Crippen LogP) is 3.37. The van der Waals surface area contributed by atoms with Crippen LogP contribution in [0, 0.1) is 5.82 Å². The third-order valence-corrected chi connectivity index (χ3v) is 6.95. The van der Waals surface area contributed by atoms with Gasteiger partial charge in [-0.05, 0) is 24.1 Å². The van der Waals surface area contributed by atoms with Crippen molar-refractivity contribution in [2.45, 2.75) is 37.1 Å². The van der Waals surface area contributed by atoms with Crippen molar-refractivity contribution in [2.24, 2.45) is 0 Å². The van der Waals surface area contributed by atoms with Crippen LogP contribution in [0.4, 0.5) is 32.3 Å². The first-order valence-electron chi connectivity index (χ1n) is 12.0. The molecule has 4 aromatic rings. The number of alkyl halides is 5. The third-order valence-electron chi connectivity index (χ3n) is 6.95. The molecule has 10 nitrogen and oxygen atoms in total. The van der Waals surface area contributed by atoms with Crippen LogP contribution in [0.15, 0.2) is 24.4 Å². The molecule has 2 saturated heterocycles. The number of piperidine rings is 1. The van der Waals surface area contributed by atoms with Gasteiger partial charge in [0.1, 0.15) is 17.6 Å². The van der Waals surface area contributed by atoms with Crippen LogP contribution < -0.4 is 10.1 Å². The average molecular weight is 556 g/mol. The van der Waals surface area contributed by atoms with Crippen LogP contribution in [-0.2, 0) is 11.3 Å². The van der Waals surface area contributed by atoms with Crippen LogP contribution in [0.3, 0.4) is 0 Å². The van der Waals surface area contributed by atoms with Crippen molar-refractivity contribution < 1.29 is 35.8 Å². The molecule has 16 heteroatoms. The topological polar surface area (TPSA) is 94.6 Å². The Hall–Kier alpha value is -3.66. The maximum Gasteiger partial charge on any atom is 0.408 e. The largest absolute Gasteiger partial charge is 0.479 e. The van der Waals surface area contributed by atoms with Crippen LogP contribution >= 0.6 is 0 Å². The summed E-state index contributed by atoms with van der Waals surface area (Å²) in [5.74, 6) is -4.15. The molecule has 39 heavy (non-hydrogen) atoms. The quantitative estimate of drug-likeness (QED) is 0.362. The molecule has 0 saturated carbocycles. The highest BCUT2D eigenvalue weighted by Gasteiger charge is 2.47. The molecule has 0 bridgehead atoms. The van der Waals surface area contributed by atoms with Crippen molar-refractivity contribution >= 4 is 22.5 Å². The fourth-order valence-corrected chi connectivity index (χ4v) is 4.95. The monoisotopic (exact) mass is 556 g/mol. The molecule has 2 aliphatic heterocycles. The Morgan fingerprint density at radius 1 is 1.23 bits per heavy atom. The number of hydrogen-bond donors (Lipinski definition) is 1. The molecular weight excluding hydrogens is 534 g/mol. The van der Waals surface area contributed by atoms with Gasteiger partial charge in [0.2, 0.25) is 11.8 Å². The standard InChI is InChI=1S/C23H22F6N8O2/c1-38-20-19-18(12-2-3-15-16(6-12)37(34-32-15)11-23(27,28)29)14(24)7-36(19)33-21(31-20)30-17-4-5-35(10-22(17,25)26)13-8-39-9-13/h2-3,6-7,13,17H,4-5,8-11H2,1H3,(H,30,33). The molecule has 2 fully saturated rings. The molecule has 3 aromatic heterocycles. The summed E-state index contributed by atoms with van der Waals surface area (Å²) in [4.78, 5) is 5.90. The van der Waals surface area contributed by atoms with E-state index in [-0.39, 0.29) is 52.0 Å². The number of likely N-dealkylation sites (tertiary alicyclic amines) is 1. The lowest BCUT2D eigenvalue weighted by atomic mass is 9.98. The van der Waals surface area contributed by atoms with Crippen LogP contribution in [0.2, 0.25) is 0 Å². The second-order valence-electron chi connectivity index (χ2n) is 9.56. The molecule has 6 rings (SSSR count). The van der Waals surface area contributed by atoms with E-state index in [1.54, 1.807) is 4.90 Å². The van der Waals surface area contributed by atoms with Gasteiger partial charge in [0.05, 0.1) is 56.2 Å². The summed E-state index contributed by atoms with van der Waals surface area (Å²) in [7, 11) is 1.28. The Morgan fingerprint density at radius 2 is 2.03 bits per heavy atom. The van der Waals surface area contributed by atoms with E-state index in [1.807, 2.05) is 0 Å². The number of fused-ring (bicyclic) bond motifs is 2. The highest BCUT2D eigenvalue weighted by atomic mass is 19.4. The van der Waals surface area contributed by atoms with Crippen molar-refractivity contribution in [3.8, 4) is 17.0 Å². The van der Waals surface area contributed by atoms with Crippen LogP contribution in [0.25, 0.3) is 27.7 Å². The van der Waals surface area contributed by atoms with Gasteiger partial charge in [0.25, 0.3) is 5.92 Å². The van der Waals surface area contributed by atoms with Crippen LogP contribution in [-0.4, -0.2) is 92.1 Å². The van der Waals surface area contributed by atoms with Gasteiger partial charge in [-0.15, -0.1) is 10.2 Å². The van der Waals surface area contributed by atoms with Crippen LogP contribution in [0.1, 0.15) is 6.42 Å². The van der Waals surface area contributed by atoms with Gasteiger partial charge in [-0.3, -0.25) is 4.90 Å². The summed E-state index contributed by atoms with van der Waals surface area (Å²) in [6, 6.07) is 2.93.